The maximum absolute atomic E-state index is 12.3. The quantitative estimate of drug-likeness (QED) is 0.444. The minimum Gasteiger partial charge on any atom is -0.474 e. The van der Waals surface area contributed by atoms with Crippen LogP contribution in [0, 0.1) is 0 Å². The predicted octanol–water partition coefficient (Wildman–Crippen LogP) is 6.12. The van der Waals surface area contributed by atoms with Crippen LogP contribution in [-0.2, 0) is 6.18 Å². The molecular weight excluding hydrogens is 433 g/mol. The SMILES string of the molecule is FC(F)(F)c1ccc(OC2CCCCC2)nc1.NC(=O)Nc1c[nH]c2ccc(Cl)cc12. The van der Waals surface area contributed by atoms with Gasteiger partial charge in [0.25, 0.3) is 0 Å². The fraction of sp³-hybridized carbons (Fsp3) is 0.333. The zero-order chi connectivity index (χ0) is 22.4. The number of nitrogens with two attached hydrogens (primary N) is 1. The number of halogens is 4. The molecule has 4 rings (SSSR count). The maximum atomic E-state index is 12.3. The first-order valence-corrected chi connectivity index (χ1v) is 10.1. The van der Waals surface area contributed by atoms with Gasteiger partial charge in [0.15, 0.2) is 0 Å². The van der Waals surface area contributed by atoms with Gasteiger partial charge >= 0.3 is 12.2 Å². The van der Waals surface area contributed by atoms with Crippen molar-refractivity contribution in [2.24, 2.45) is 5.73 Å². The molecule has 0 unspecified atom stereocenters. The molecule has 1 aliphatic rings. The number of urea groups is 1. The van der Waals surface area contributed by atoms with Crippen LogP contribution in [0.4, 0.5) is 23.7 Å². The Balaban J connectivity index is 0.000000179. The zero-order valence-corrected chi connectivity index (χ0v) is 17.3. The molecular formula is C21H22ClF3N4O2. The second kappa shape index (κ2) is 9.91. The molecule has 4 N–H and O–H groups in total. The second-order valence-electron chi connectivity index (χ2n) is 7.14. The van der Waals surface area contributed by atoms with E-state index in [4.69, 9.17) is 22.1 Å². The molecule has 0 atom stereocenters. The van der Waals surface area contributed by atoms with Crippen molar-refractivity contribution in [3.63, 3.8) is 0 Å². The number of pyridine rings is 1. The van der Waals surface area contributed by atoms with Crippen LogP contribution in [-0.4, -0.2) is 22.1 Å². The third kappa shape index (κ3) is 6.52. The van der Waals surface area contributed by atoms with E-state index in [2.05, 4.69) is 15.3 Å². The molecule has 1 fully saturated rings. The number of ether oxygens (including phenoxy) is 1. The monoisotopic (exact) mass is 454 g/mol. The highest BCUT2D eigenvalue weighted by atomic mass is 35.5. The van der Waals surface area contributed by atoms with Crippen LogP contribution >= 0.6 is 11.6 Å². The highest BCUT2D eigenvalue weighted by Crippen LogP contribution is 2.30. The van der Waals surface area contributed by atoms with Gasteiger partial charge < -0.3 is 20.8 Å². The van der Waals surface area contributed by atoms with Gasteiger partial charge in [-0.3, -0.25) is 0 Å². The molecule has 1 aliphatic carbocycles. The number of hydrogen-bond donors (Lipinski definition) is 3. The topological polar surface area (TPSA) is 93.0 Å². The molecule has 0 spiro atoms. The van der Waals surface area contributed by atoms with E-state index >= 15 is 0 Å². The molecule has 31 heavy (non-hydrogen) atoms. The third-order valence-electron chi connectivity index (χ3n) is 4.80. The second-order valence-corrected chi connectivity index (χ2v) is 7.58. The Morgan fingerprint density at radius 1 is 1.19 bits per heavy atom. The Kier molecular flexibility index (Phi) is 7.27. The smallest absolute Gasteiger partial charge is 0.417 e. The summed E-state index contributed by atoms with van der Waals surface area (Å²) >= 11 is 5.83. The largest absolute Gasteiger partial charge is 0.474 e. The van der Waals surface area contributed by atoms with Gasteiger partial charge in [0, 0.05) is 34.4 Å². The van der Waals surface area contributed by atoms with E-state index in [1.807, 2.05) is 6.07 Å². The predicted molar refractivity (Wildman–Crippen MR) is 113 cm³/mol. The molecule has 2 heterocycles. The number of alkyl halides is 3. The molecule has 1 aromatic carbocycles. The van der Waals surface area contributed by atoms with Crippen molar-refractivity contribution in [1.82, 2.24) is 9.97 Å². The van der Waals surface area contributed by atoms with Gasteiger partial charge in [0.1, 0.15) is 6.10 Å². The molecule has 6 nitrogen and oxygen atoms in total. The third-order valence-corrected chi connectivity index (χ3v) is 5.04. The molecule has 0 bridgehead atoms. The lowest BCUT2D eigenvalue weighted by Gasteiger charge is -2.22. The maximum Gasteiger partial charge on any atom is 0.417 e. The van der Waals surface area contributed by atoms with Crippen molar-refractivity contribution in [3.8, 4) is 5.88 Å². The lowest BCUT2D eigenvalue weighted by molar-refractivity contribution is -0.137. The van der Waals surface area contributed by atoms with Crippen LogP contribution in [0.25, 0.3) is 10.9 Å². The summed E-state index contributed by atoms with van der Waals surface area (Å²) in [5.41, 5.74) is 5.81. The van der Waals surface area contributed by atoms with Crippen LogP contribution < -0.4 is 15.8 Å². The number of aromatic amines is 1. The van der Waals surface area contributed by atoms with E-state index in [9.17, 15) is 18.0 Å². The van der Waals surface area contributed by atoms with Crippen LogP contribution in [0.15, 0.2) is 42.7 Å². The average Bonchev–Trinajstić information content (AvgIpc) is 3.10. The minimum atomic E-state index is -4.34. The number of anilines is 1. The van der Waals surface area contributed by atoms with Crippen molar-refractivity contribution in [2.45, 2.75) is 44.4 Å². The van der Waals surface area contributed by atoms with Crippen molar-refractivity contribution >= 4 is 34.2 Å². The van der Waals surface area contributed by atoms with Crippen LogP contribution in [0.5, 0.6) is 5.88 Å². The molecule has 10 heteroatoms. The highest BCUT2D eigenvalue weighted by Gasteiger charge is 2.30. The summed E-state index contributed by atoms with van der Waals surface area (Å²) in [4.78, 5) is 17.3. The first kappa shape index (κ1) is 22.7. The van der Waals surface area contributed by atoms with E-state index in [-0.39, 0.29) is 12.0 Å². The molecule has 2 amide bonds. The van der Waals surface area contributed by atoms with Crippen LogP contribution in [0.3, 0.4) is 0 Å². The Morgan fingerprint density at radius 3 is 2.55 bits per heavy atom. The molecule has 2 aromatic heterocycles. The number of rotatable bonds is 3. The van der Waals surface area contributed by atoms with Gasteiger partial charge in [-0.25, -0.2) is 9.78 Å². The lowest BCUT2D eigenvalue weighted by atomic mass is 9.98. The number of carbonyl (C=O) groups is 1. The van der Waals surface area contributed by atoms with Crippen molar-refractivity contribution in [1.29, 1.82) is 0 Å². The number of carbonyl (C=O) groups excluding carboxylic acids is 1. The number of hydrogen-bond acceptors (Lipinski definition) is 3. The number of benzene rings is 1. The number of nitrogens with zero attached hydrogens (tertiary/aromatic N) is 1. The first-order valence-electron chi connectivity index (χ1n) is 9.75. The lowest BCUT2D eigenvalue weighted by Crippen LogP contribution is -2.20. The van der Waals surface area contributed by atoms with E-state index in [0.29, 0.717) is 10.7 Å². The highest BCUT2D eigenvalue weighted by molar-refractivity contribution is 6.31. The normalized spacial score (nSPS) is 14.6. The van der Waals surface area contributed by atoms with Crippen molar-refractivity contribution in [3.05, 3.63) is 53.3 Å². The summed E-state index contributed by atoms with van der Waals surface area (Å²) in [6, 6.07) is 7.07. The van der Waals surface area contributed by atoms with Crippen LogP contribution in [0.1, 0.15) is 37.7 Å². The summed E-state index contributed by atoms with van der Waals surface area (Å²) in [6.45, 7) is 0. The molecule has 0 radical (unpaired) electrons. The van der Waals surface area contributed by atoms with Gasteiger partial charge in [-0.1, -0.05) is 18.0 Å². The summed E-state index contributed by atoms with van der Waals surface area (Å²) in [5.74, 6) is 0.282. The van der Waals surface area contributed by atoms with Gasteiger partial charge in [-0.2, -0.15) is 13.2 Å². The minimum absolute atomic E-state index is 0.105. The summed E-state index contributed by atoms with van der Waals surface area (Å²) in [5, 5.41) is 3.96. The van der Waals surface area contributed by atoms with Crippen molar-refractivity contribution in [2.75, 3.05) is 5.32 Å². The standard InChI is InChI=1S/C12H14F3NO.C9H8ClN3O/c13-12(14,15)9-6-7-11(16-8-9)17-10-4-2-1-3-5-10;10-5-1-2-7-6(3-5)8(4-12-7)13-9(11)14/h6-8,10H,1-5H2;1-4,12H,(H3,11,13,14). The number of aromatic nitrogens is 2. The Bertz CT molecular complexity index is 1020. The van der Waals surface area contributed by atoms with Gasteiger partial charge in [0.05, 0.1) is 11.3 Å². The summed E-state index contributed by atoms with van der Waals surface area (Å²) < 4.78 is 42.4. The van der Waals surface area contributed by atoms with Gasteiger partial charge in [-0.05, 0) is 49.9 Å². The molecule has 1 saturated carbocycles. The molecule has 166 valence electrons. The fourth-order valence-corrected chi connectivity index (χ4v) is 3.47. The number of amides is 2. The van der Waals surface area contributed by atoms with E-state index < -0.39 is 17.8 Å². The first-order chi connectivity index (χ1) is 14.7. The zero-order valence-electron chi connectivity index (χ0n) is 16.5. The molecule has 3 aromatic rings. The number of primary amides is 1. The fourth-order valence-electron chi connectivity index (χ4n) is 3.30. The number of fused-ring (bicyclic) bond motifs is 1. The molecule has 0 saturated heterocycles. The Labute approximate surface area is 181 Å². The summed E-state index contributed by atoms with van der Waals surface area (Å²) in [7, 11) is 0. The summed E-state index contributed by atoms with van der Waals surface area (Å²) in [6.07, 6.45) is 3.62. The Hall–Kier alpha value is -2.94. The van der Waals surface area contributed by atoms with Gasteiger partial charge in [0.2, 0.25) is 5.88 Å². The number of nitrogens with one attached hydrogen (secondary N) is 2. The van der Waals surface area contributed by atoms with Gasteiger partial charge in [-0.15, -0.1) is 0 Å². The number of H-pyrrole nitrogens is 1. The average molecular weight is 455 g/mol. The molecule has 0 aliphatic heterocycles. The Morgan fingerprint density at radius 2 is 1.94 bits per heavy atom. The van der Waals surface area contributed by atoms with E-state index in [0.717, 1.165) is 48.8 Å². The van der Waals surface area contributed by atoms with Crippen molar-refractivity contribution < 1.29 is 22.7 Å². The van der Waals surface area contributed by atoms with Crippen LogP contribution in [0.2, 0.25) is 5.02 Å². The van der Waals surface area contributed by atoms with E-state index in [1.54, 1.807) is 18.3 Å². The van der Waals surface area contributed by atoms with E-state index in [1.165, 1.54) is 12.5 Å².